The zero-order valence-electron chi connectivity index (χ0n) is 58.2. The number of hydrogen-bond acceptors (Lipinski definition) is 30. The molecule has 3 fully saturated rings. The summed E-state index contributed by atoms with van der Waals surface area (Å²) in [6.07, 6.45) is -9.66. The van der Waals surface area contributed by atoms with E-state index in [2.05, 4.69) is 30.1 Å². The predicted octanol–water partition coefficient (Wildman–Crippen LogP) is 5.49. The van der Waals surface area contributed by atoms with Gasteiger partial charge in [-0.15, -0.1) is 0 Å². The van der Waals surface area contributed by atoms with E-state index in [9.17, 15) is 71.7 Å². The van der Waals surface area contributed by atoms with E-state index < -0.39 is 227 Å². The van der Waals surface area contributed by atoms with Gasteiger partial charge in [-0.2, -0.15) is 0 Å². The first-order chi connectivity index (χ1) is 47.6. The fraction of sp³-hybridized carbons (Fsp3) is 0.714. The molecule has 0 amide bonds. The third kappa shape index (κ3) is 23.3. The molecule has 0 aliphatic carbocycles. The third-order valence-corrected chi connectivity index (χ3v) is 17.8. The molecule has 5 N–H and O–H groups in total. The summed E-state index contributed by atoms with van der Waals surface area (Å²) in [5.74, 6) is -4.84. The van der Waals surface area contributed by atoms with Gasteiger partial charge in [0.05, 0.1) is 61.1 Å². The number of nitrogens with one attached hydrogen (secondary N) is 3. The fourth-order valence-electron chi connectivity index (χ4n) is 8.83. The average molecular weight is 1520 g/mol. The van der Waals surface area contributed by atoms with Gasteiger partial charge in [0.15, 0.2) is 37.2 Å². The zero-order chi connectivity index (χ0) is 78.1. The van der Waals surface area contributed by atoms with Gasteiger partial charge in [-0.3, -0.25) is 71.3 Å². The molecule has 3 aliphatic heterocycles. The molecular weight excluding hydrogens is 1430 g/mol. The summed E-state index contributed by atoms with van der Waals surface area (Å²) in [5, 5.41) is 30.3. The van der Waals surface area contributed by atoms with Crippen LogP contribution in [0.3, 0.4) is 0 Å². The minimum absolute atomic E-state index is 0.268. The number of phosphoric ester groups is 2. The van der Waals surface area contributed by atoms with Crippen molar-refractivity contribution in [3.63, 3.8) is 0 Å². The van der Waals surface area contributed by atoms with Gasteiger partial charge >= 0.3 is 56.6 Å². The molecule has 3 aliphatic rings. The minimum Gasteiger partial charge on any atom is -0.437 e. The van der Waals surface area contributed by atoms with Crippen molar-refractivity contribution in [3.05, 3.63) is 131 Å². The Hall–Kier alpha value is -8.34. The maximum absolute atomic E-state index is 15.5. The Morgan fingerprint density at radius 3 is 1.05 bits per heavy atom. The number of phosphoric acid groups is 2. The molecule has 0 bridgehead atoms. The molecule has 6 heterocycles. The molecule has 12 atom stereocenters. The lowest BCUT2D eigenvalue weighted by molar-refractivity contribution is -0.166. The van der Waals surface area contributed by atoms with Crippen LogP contribution in [0.4, 0.5) is 13.2 Å². The number of halogens is 3. The van der Waals surface area contributed by atoms with Crippen molar-refractivity contribution < 1.29 is 112 Å². The summed E-state index contributed by atoms with van der Waals surface area (Å²) in [6.45, 7) is 13.9. The Bertz CT molecular complexity index is 3840. The summed E-state index contributed by atoms with van der Waals surface area (Å²) in [6, 6.07) is 2.95. The Labute approximate surface area is 581 Å². The predicted molar refractivity (Wildman–Crippen MR) is 344 cm³/mol. The lowest BCUT2D eigenvalue weighted by Crippen LogP contribution is -2.48. The fourth-order valence-corrected chi connectivity index (χ4v) is 10.8. The van der Waals surface area contributed by atoms with Crippen LogP contribution in [0.25, 0.3) is 31.3 Å². The number of rotatable bonds is 28. The summed E-state index contributed by atoms with van der Waals surface area (Å²) in [4.78, 5) is 132. The van der Waals surface area contributed by atoms with E-state index in [0.29, 0.717) is 4.57 Å². The van der Waals surface area contributed by atoms with E-state index in [1.807, 2.05) is 15.0 Å². The van der Waals surface area contributed by atoms with Crippen molar-refractivity contribution in [1.29, 1.82) is 0 Å². The topological polar surface area (TPSA) is 574 Å². The first-order valence-corrected chi connectivity index (χ1v) is 33.6. The van der Waals surface area contributed by atoms with Gasteiger partial charge in [0.25, 0.3) is 16.7 Å². The molecule has 3 aromatic rings. The second-order valence-corrected chi connectivity index (χ2v) is 30.4. The van der Waals surface area contributed by atoms with Gasteiger partial charge in [0.1, 0.15) is 22.9 Å². The van der Waals surface area contributed by atoms with Crippen LogP contribution in [0.2, 0.25) is 0 Å². The number of esters is 4. The highest BCUT2D eigenvalue weighted by Crippen LogP contribution is 2.54. The van der Waals surface area contributed by atoms with Crippen molar-refractivity contribution >= 4 is 39.5 Å². The average Bonchev–Trinajstić information content (AvgIpc) is 1.62. The van der Waals surface area contributed by atoms with Gasteiger partial charge in [-0.25, -0.2) is 54.8 Å². The second-order valence-electron chi connectivity index (χ2n) is 27.1. The van der Waals surface area contributed by atoms with Crippen LogP contribution < -0.4 is 33.7 Å². The smallest absolute Gasteiger partial charge is 0.437 e. The molecular formula is C56H82F3N15O27P2. The number of azide groups is 3. The largest absolute Gasteiger partial charge is 0.480 e. The number of aromatic amines is 3. The SMILES string of the molecule is CC(C)(C)C(=O)OCOP(=O)(OCOC(=O)C(C)(C)C)OC[C@@]1(CN=[N+]=[N-])O[C@@H](n2ccc(=O)[nH]c2=O)[C@H](F)[C@@H]1O.C[C@H]1[C@@H](F)[C@H](n2ccc(=O)[nH]c2=O)O[C@@]1(CO)CN=[N+]=[N-].C[C@H]1[C@@H](F)[C@H](n2ccc(=O)[nH]c2=O)O[C@]1(CN=[N+]=[N-])COP(=O)(OCOC(=O)C(C)(C)C)OCOC(=O)C(C)(C)C. The summed E-state index contributed by atoms with van der Waals surface area (Å²) in [7, 11) is -9.56. The van der Waals surface area contributed by atoms with Crippen LogP contribution in [0, 0.1) is 33.5 Å². The number of aliphatic hydroxyl groups excluding tert-OH is 2. The van der Waals surface area contributed by atoms with Gasteiger partial charge in [0.2, 0.25) is 27.2 Å². The molecule has 6 rings (SSSR count). The van der Waals surface area contributed by atoms with E-state index in [-0.39, 0.29) is 6.54 Å². The Morgan fingerprint density at radius 2 is 0.757 bits per heavy atom. The quantitative estimate of drug-likeness (QED) is 0.0114. The van der Waals surface area contributed by atoms with E-state index in [1.54, 1.807) is 83.1 Å². The van der Waals surface area contributed by atoms with Gasteiger partial charge in [0, 0.05) is 63.4 Å². The lowest BCUT2D eigenvalue weighted by Gasteiger charge is -2.32. The van der Waals surface area contributed by atoms with Crippen molar-refractivity contribution in [3.8, 4) is 0 Å². The number of aliphatic hydroxyl groups is 2. The minimum atomic E-state index is -4.84. The van der Waals surface area contributed by atoms with Crippen LogP contribution in [0.15, 0.2) is 80.9 Å². The van der Waals surface area contributed by atoms with Gasteiger partial charge < -0.3 is 43.4 Å². The van der Waals surface area contributed by atoms with E-state index >= 15 is 8.78 Å². The number of aromatic nitrogens is 6. The first-order valence-electron chi connectivity index (χ1n) is 30.6. The monoisotopic (exact) mass is 1520 g/mol. The van der Waals surface area contributed by atoms with Crippen LogP contribution in [-0.2, 0) is 88.6 Å². The van der Waals surface area contributed by atoms with Crippen LogP contribution in [-0.4, -0.2) is 171 Å². The first kappa shape index (κ1) is 87.1. The van der Waals surface area contributed by atoms with Crippen molar-refractivity contribution in [1.82, 2.24) is 28.7 Å². The Balaban J connectivity index is 0.000000344. The van der Waals surface area contributed by atoms with Crippen molar-refractivity contribution in [2.45, 2.75) is 157 Å². The summed E-state index contributed by atoms with van der Waals surface area (Å²) < 4.78 is 142. The van der Waals surface area contributed by atoms with E-state index in [4.69, 9.17) is 76.9 Å². The number of alkyl halides is 3. The van der Waals surface area contributed by atoms with E-state index in [1.165, 1.54) is 13.8 Å². The summed E-state index contributed by atoms with van der Waals surface area (Å²) >= 11 is 0. The number of ether oxygens (including phenoxy) is 7. The summed E-state index contributed by atoms with van der Waals surface area (Å²) in [5.41, 5.74) is 11.9. The molecule has 42 nitrogen and oxygen atoms in total. The zero-order valence-corrected chi connectivity index (χ0v) is 60.0. The van der Waals surface area contributed by atoms with E-state index in [0.717, 1.165) is 45.9 Å². The molecule has 47 heteroatoms. The molecule has 0 spiro atoms. The maximum Gasteiger partial charge on any atom is 0.480 e. The highest BCUT2D eigenvalue weighted by Gasteiger charge is 2.59. The number of H-pyrrole nitrogens is 3. The number of nitrogens with zero attached hydrogens (tertiary/aromatic N) is 12. The lowest BCUT2D eigenvalue weighted by atomic mass is 9.88. The molecule has 0 unspecified atom stereocenters. The normalized spacial score (nSPS) is 24.9. The number of carbonyl (C=O) groups is 4. The molecule has 3 saturated heterocycles. The van der Waals surface area contributed by atoms with Crippen LogP contribution >= 0.6 is 15.6 Å². The standard InChI is InChI=1S/C23H35FN5O11P.C22H33FN5O12P.C11H14FN5O4/c1-14-16(24)17(29-9-8-15(30)27-20(29)33)40-23(14,10-26-28-25)11-37-41(34,38-12-35-18(31)21(2,3)4)39-13-36-19(32)22(5,6)7;1-20(2,3)17(31)35-11-38-41(34,39-12-36-18(32)21(4,5)6)37-10-22(9-25-27-24)15(30)14(23)16(40-22)28-8-7-13(29)26-19(28)33;1-6-8(12)9(17-3-2-7(19)15-10(17)20)21-11(6,5-18)4-14-16-13/h8-9,14,16-17H,10-13H2,1-7H3,(H,27,30,33);7-8,14-16,30H,9-12H2,1-6H3,(H,26,29,33);2-3,6,8-9,18H,4-5H2,1H3,(H,15,19,20)/t14-,16+,17+,23+;14-,15+,16-,22-;6-,8+,9+,11+/m010/s1. The Kier molecular flexibility index (Phi) is 30.3. The van der Waals surface area contributed by atoms with Gasteiger partial charge in [-0.1, -0.05) is 29.2 Å². The van der Waals surface area contributed by atoms with Crippen molar-refractivity contribution in [2.75, 3.05) is 66.6 Å². The molecule has 0 aromatic carbocycles. The van der Waals surface area contributed by atoms with Crippen molar-refractivity contribution in [2.24, 2.45) is 48.8 Å². The van der Waals surface area contributed by atoms with Crippen LogP contribution in [0.5, 0.6) is 0 Å². The highest BCUT2D eigenvalue weighted by atomic mass is 31.2. The molecule has 103 heavy (non-hydrogen) atoms. The molecule has 3 aromatic heterocycles. The third-order valence-electron chi connectivity index (χ3n) is 15.2. The Morgan fingerprint density at radius 1 is 0.495 bits per heavy atom. The number of hydrogen-bond donors (Lipinski definition) is 5. The maximum atomic E-state index is 15.5. The molecule has 0 radical (unpaired) electrons. The molecule has 0 saturated carbocycles. The second kappa shape index (κ2) is 35.9. The van der Waals surface area contributed by atoms with Crippen LogP contribution in [0.1, 0.15) is 116 Å². The van der Waals surface area contributed by atoms with Gasteiger partial charge in [-0.05, 0) is 99.7 Å². The highest BCUT2D eigenvalue weighted by molar-refractivity contribution is 7.48. The number of carbonyl (C=O) groups excluding carboxylic acids is 4. The molecule has 574 valence electrons.